The lowest BCUT2D eigenvalue weighted by atomic mass is 9.78. The molecule has 0 unspecified atom stereocenters. The predicted octanol–water partition coefficient (Wildman–Crippen LogP) is 2.06. The first-order chi connectivity index (χ1) is 8.70. The smallest absolute Gasteiger partial charge is 0.456 e. The molecule has 1 heterocycles. The van der Waals surface area contributed by atoms with Crippen molar-refractivity contribution in [2.45, 2.75) is 0 Å². The van der Waals surface area contributed by atoms with Crippen molar-refractivity contribution in [3.8, 4) is 0 Å². The first kappa shape index (κ1) is 11.3. The molecule has 0 saturated heterocycles. The summed E-state index contributed by atoms with van der Waals surface area (Å²) in [5.41, 5.74) is 1.64. The number of para-hydroxylation sites is 1. The normalized spacial score (nSPS) is 11.3. The standard InChI is InChI=1S/C13H10BFO3/c1-17-14(16)11-4-2-3-9-10-7-8(15)5-6-12(10)18-13(9)11/h2-7,16H,1H3. The van der Waals surface area contributed by atoms with Gasteiger partial charge in [0.25, 0.3) is 0 Å². The van der Waals surface area contributed by atoms with E-state index in [0.29, 0.717) is 22.0 Å². The number of rotatable bonds is 2. The topological polar surface area (TPSA) is 42.6 Å². The fourth-order valence-corrected chi connectivity index (χ4v) is 2.11. The van der Waals surface area contributed by atoms with E-state index < -0.39 is 7.12 Å². The van der Waals surface area contributed by atoms with Gasteiger partial charge in [-0.1, -0.05) is 18.2 Å². The lowest BCUT2D eigenvalue weighted by Gasteiger charge is -2.03. The average molecular weight is 244 g/mol. The lowest BCUT2D eigenvalue weighted by molar-refractivity contribution is 0.341. The Morgan fingerprint density at radius 1 is 1.22 bits per heavy atom. The van der Waals surface area contributed by atoms with Crippen LogP contribution in [0.1, 0.15) is 0 Å². The highest BCUT2D eigenvalue weighted by atomic mass is 19.1. The molecule has 1 aromatic heterocycles. The van der Waals surface area contributed by atoms with Crippen LogP contribution < -0.4 is 5.46 Å². The van der Waals surface area contributed by atoms with E-state index in [4.69, 9.17) is 9.07 Å². The molecule has 3 nitrogen and oxygen atoms in total. The zero-order valence-electron chi connectivity index (χ0n) is 9.68. The molecule has 0 spiro atoms. The minimum absolute atomic E-state index is 0.317. The van der Waals surface area contributed by atoms with Gasteiger partial charge >= 0.3 is 7.12 Å². The molecule has 90 valence electrons. The van der Waals surface area contributed by atoms with E-state index in [1.165, 1.54) is 19.2 Å². The largest absolute Gasteiger partial charge is 0.494 e. The molecule has 18 heavy (non-hydrogen) atoms. The third kappa shape index (κ3) is 1.60. The Bertz CT molecular complexity index is 723. The van der Waals surface area contributed by atoms with E-state index in [9.17, 15) is 9.41 Å². The van der Waals surface area contributed by atoms with Crippen LogP contribution >= 0.6 is 0 Å². The second kappa shape index (κ2) is 4.12. The van der Waals surface area contributed by atoms with E-state index in [1.807, 2.05) is 6.07 Å². The van der Waals surface area contributed by atoms with Crippen LogP contribution in [0.4, 0.5) is 4.39 Å². The highest BCUT2D eigenvalue weighted by Crippen LogP contribution is 2.28. The first-order valence-electron chi connectivity index (χ1n) is 5.52. The van der Waals surface area contributed by atoms with Crippen LogP contribution in [0.25, 0.3) is 21.9 Å². The van der Waals surface area contributed by atoms with E-state index >= 15 is 0 Å². The molecule has 0 aliphatic rings. The Kier molecular flexibility index (Phi) is 2.58. The molecule has 0 aliphatic carbocycles. The van der Waals surface area contributed by atoms with Gasteiger partial charge in [-0.2, -0.15) is 0 Å². The van der Waals surface area contributed by atoms with E-state index in [2.05, 4.69) is 0 Å². The van der Waals surface area contributed by atoms with Crippen LogP contribution in [0, 0.1) is 5.82 Å². The van der Waals surface area contributed by atoms with Gasteiger partial charge < -0.3 is 14.1 Å². The highest BCUT2D eigenvalue weighted by Gasteiger charge is 2.21. The average Bonchev–Trinajstić information content (AvgIpc) is 2.75. The summed E-state index contributed by atoms with van der Waals surface area (Å²) in [4.78, 5) is 0. The first-order valence-corrected chi connectivity index (χ1v) is 5.52. The molecule has 0 bridgehead atoms. The second-order valence-electron chi connectivity index (χ2n) is 4.05. The monoisotopic (exact) mass is 244 g/mol. The Morgan fingerprint density at radius 2 is 2.06 bits per heavy atom. The number of halogens is 1. The van der Waals surface area contributed by atoms with Crippen molar-refractivity contribution in [3.63, 3.8) is 0 Å². The van der Waals surface area contributed by atoms with Crippen molar-refractivity contribution in [2.24, 2.45) is 0 Å². The fourth-order valence-electron chi connectivity index (χ4n) is 2.11. The summed E-state index contributed by atoms with van der Waals surface area (Å²) < 4.78 is 23.8. The summed E-state index contributed by atoms with van der Waals surface area (Å²) in [7, 11) is 0.352. The molecule has 1 N–H and O–H groups in total. The molecule has 0 amide bonds. The van der Waals surface area contributed by atoms with Crippen LogP contribution in [0.3, 0.4) is 0 Å². The molecule has 3 rings (SSSR count). The molecule has 0 fully saturated rings. The molecule has 0 aliphatic heterocycles. The van der Waals surface area contributed by atoms with E-state index in [1.54, 1.807) is 18.2 Å². The van der Waals surface area contributed by atoms with E-state index in [-0.39, 0.29) is 5.82 Å². The van der Waals surface area contributed by atoms with Crippen molar-refractivity contribution in [3.05, 3.63) is 42.2 Å². The Balaban J connectivity index is 2.39. The summed E-state index contributed by atoms with van der Waals surface area (Å²) in [6.45, 7) is 0. The van der Waals surface area contributed by atoms with Crippen molar-refractivity contribution in [1.82, 2.24) is 0 Å². The Labute approximate surface area is 103 Å². The maximum Gasteiger partial charge on any atom is 0.494 e. The minimum Gasteiger partial charge on any atom is -0.456 e. The molecule has 3 aromatic rings. The molecule has 0 radical (unpaired) electrons. The van der Waals surface area contributed by atoms with Gasteiger partial charge in [0.05, 0.1) is 0 Å². The number of fused-ring (bicyclic) bond motifs is 3. The molecule has 0 saturated carbocycles. The van der Waals surface area contributed by atoms with Crippen molar-refractivity contribution >= 4 is 34.5 Å². The van der Waals surface area contributed by atoms with Gasteiger partial charge in [0.1, 0.15) is 17.0 Å². The van der Waals surface area contributed by atoms with Crippen LogP contribution in [-0.4, -0.2) is 19.3 Å². The van der Waals surface area contributed by atoms with Crippen LogP contribution in [0.15, 0.2) is 40.8 Å². The molecular formula is C13H10BFO3. The minimum atomic E-state index is -1.06. The van der Waals surface area contributed by atoms with Gasteiger partial charge in [0, 0.05) is 23.3 Å². The van der Waals surface area contributed by atoms with Gasteiger partial charge in [0.2, 0.25) is 0 Å². The highest BCUT2D eigenvalue weighted by molar-refractivity contribution is 6.63. The third-order valence-electron chi connectivity index (χ3n) is 2.98. The molecule has 0 atom stereocenters. The van der Waals surface area contributed by atoms with Crippen molar-refractivity contribution in [1.29, 1.82) is 0 Å². The van der Waals surface area contributed by atoms with Crippen LogP contribution in [0.2, 0.25) is 0 Å². The predicted molar refractivity (Wildman–Crippen MR) is 68.3 cm³/mol. The Morgan fingerprint density at radius 3 is 2.83 bits per heavy atom. The SMILES string of the molecule is COB(O)c1cccc2c1oc1ccc(F)cc12. The lowest BCUT2D eigenvalue weighted by Crippen LogP contribution is -2.32. The summed E-state index contributed by atoms with van der Waals surface area (Å²) in [6, 6.07) is 9.66. The number of hydrogen-bond donors (Lipinski definition) is 1. The zero-order valence-corrected chi connectivity index (χ0v) is 9.68. The maximum atomic E-state index is 13.3. The summed E-state index contributed by atoms with van der Waals surface area (Å²) in [5.74, 6) is -0.317. The second-order valence-corrected chi connectivity index (χ2v) is 4.05. The number of furan rings is 1. The summed E-state index contributed by atoms with van der Waals surface area (Å²) in [5, 5.41) is 11.2. The van der Waals surface area contributed by atoms with Crippen LogP contribution in [0.5, 0.6) is 0 Å². The molecular weight excluding hydrogens is 234 g/mol. The van der Waals surface area contributed by atoms with Gasteiger partial charge in [-0.05, 0) is 18.2 Å². The van der Waals surface area contributed by atoms with E-state index in [0.717, 1.165) is 5.39 Å². The molecule has 5 heteroatoms. The third-order valence-corrected chi connectivity index (χ3v) is 2.98. The van der Waals surface area contributed by atoms with Gasteiger partial charge in [-0.15, -0.1) is 0 Å². The Hall–Kier alpha value is -1.85. The summed E-state index contributed by atoms with van der Waals surface area (Å²) >= 11 is 0. The number of benzene rings is 2. The fraction of sp³-hybridized carbons (Fsp3) is 0.0769. The quantitative estimate of drug-likeness (QED) is 0.701. The maximum absolute atomic E-state index is 13.3. The van der Waals surface area contributed by atoms with Gasteiger partial charge in [-0.25, -0.2) is 4.39 Å². The van der Waals surface area contributed by atoms with Gasteiger partial charge in [0.15, 0.2) is 0 Å². The van der Waals surface area contributed by atoms with Crippen molar-refractivity contribution < 1.29 is 18.5 Å². The molecule has 2 aromatic carbocycles. The van der Waals surface area contributed by atoms with Crippen LogP contribution in [-0.2, 0) is 4.65 Å². The zero-order chi connectivity index (χ0) is 12.7. The number of hydrogen-bond acceptors (Lipinski definition) is 3. The summed E-state index contributed by atoms with van der Waals surface area (Å²) in [6.07, 6.45) is 0. The van der Waals surface area contributed by atoms with Crippen molar-refractivity contribution in [2.75, 3.05) is 7.11 Å². The van der Waals surface area contributed by atoms with Gasteiger partial charge in [-0.3, -0.25) is 0 Å².